The van der Waals surface area contributed by atoms with Gasteiger partial charge in [0.15, 0.2) is 0 Å². The van der Waals surface area contributed by atoms with Crippen molar-refractivity contribution in [2.24, 2.45) is 0 Å². The Morgan fingerprint density at radius 2 is 0.909 bits per heavy atom. The van der Waals surface area contributed by atoms with Crippen LogP contribution in [0.25, 0.3) is 0 Å². The van der Waals surface area contributed by atoms with Gasteiger partial charge in [0.1, 0.15) is 0 Å². The summed E-state index contributed by atoms with van der Waals surface area (Å²) in [5.41, 5.74) is 0. The largest absolute Gasteiger partial charge is 1.00 e. The molecule has 130 valence electrons. The molecular weight excluding hydrogens is 311 g/mol. The van der Waals surface area contributed by atoms with Crippen LogP contribution in [0.15, 0.2) is 0 Å². The van der Waals surface area contributed by atoms with Crippen molar-refractivity contribution < 1.29 is 47.1 Å². The molecule has 2 N–H and O–H groups in total. The monoisotopic (exact) mass is 346 g/mol. The summed E-state index contributed by atoms with van der Waals surface area (Å²) in [4.78, 5) is 0. The molecule has 0 aliphatic carbocycles. The van der Waals surface area contributed by atoms with Gasteiger partial charge in [-0.25, -0.2) is 0 Å². The maximum absolute atomic E-state index is 8.74. The Hall–Kier alpha value is 0.870. The van der Waals surface area contributed by atoms with E-state index in [9.17, 15) is 0 Å². The third-order valence-corrected chi connectivity index (χ3v) is 3.35. The van der Waals surface area contributed by atoms with Crippen LogP contribution in [0.4, 0.5) is 0 Å². The van der Waals surface area contributed by atoms with E-state index in [-0.39, 0.29) is 29.6 Å². The molecule has 0 fully saturated rings. The molecule has 0 rings (SSSR count). The second-order valence-electron chi connectivity index (χ2n) is 5.54. The van der Waals surface area contributed by atoms with Crippen LogP contribution in [-0.4, -0.2) is 17.5 Å². The van der Waals surface area contributed by atoms with Crippen LogP contribution >= 0.6 is 0 Å². The van der Waals surface area contributed by atoms with Crippen molar-refractivity contribution in [1.82, 2.24) is 0 Å². The van der Waals surface area contributed by atoms with Crippen molar-refractivity contribution in [2.45, 2.75) is 96.8 Å². The molecule has 0 aromatic carbocycles. The molecule has 0 unspecified atom stereocenters. The first-order valence-electron chi connectivity index (χ1n) is 8.41. The molecule has 6 heteroatoms. The van der Waals surface area contributed by atoms with E-state index in [0.717, 1.165) is 6.42 Å². The molecule has 22 heavy (non-hydrogen) atoms. The number of rotatable bonds is 13. The van der Waals surface area contributed by atoms with Gasteiger partial charge >= 0.3 is 40.0 Å². The molecule has 0 aliphatic rings. The van der Waals surface area contributed by atoms with E-state index in [0.29, 0.717) is 0 Å². The maximum Gasteiger partial charge on any atom is 1.00 e. The van der Waals surface area contributed by atoms with Crippen LogP contribution < -0.4 is 29.6 Å². The van der Waals surface area contributed by atoms with Gasteiger partial charge in [0.05, 0.1) is 0 Å². The summed E-state index contributed by atoms with van der Waals surface area (Å²) in [6.07, 6.45) is 19.8. The van der Waals surface area contributed by atoms with Crippen molar-refractivity contribution in [1.29, 1.82) is 0 Å². The third kappa shape index (κ3) is 42.8. The van der Waals surface area contributed by atoms with E-state index in [1.54, 1.807) is 0 Å². The topological polar surface area (TPSA) is 74.6 Å². The Kier molecular flexibility index (Phi) is 27.5. The minimum atomic E-state index is -4.67. The Labute approximate surface area is 160 Å². The Balaban J connectivity index is -0.000000520. The van der Waals surface area contributed by atoms with Gasteiger partial charge in [-0.05, 0) is 0 Å². The molecule has 0 atom stereocenters. The predicted octanol–water partition coefficient (Wildman–Crippen LogP) is 2.65. The molecule has 0 heterocycles. The van der Waals surface area contributed by atoms with Crippen LogP contribution in [0.1, 0.15) is 96.8 Å². The summed E-state index contributed by atoms with van der Waals surface area (Å²) < 4.78 is 31.6. The molecule has 0 aromatic heterocycles. The van der Waals surface area contributed by atoms with Gasteiger partial charge in [-0.3, -0.25) is 9.11 Å². The molecule has 0 radical (unpaired) electrons. The van der Waals surface area contributed by atoms with Crippen LogP contribution in [-0.2, 0) is 10.4 Å². The summed E-state index contributed by atoms with van der Waals surface area (Å²) in [7, 11) is -4.67. The summed E-state index contributed by atoms with van der Waals surface area (Å²) in [5.74, 6) is 0. The normalized spacial score (nSPS) is 10.5. The van der Waals surface area contributed by atoms with E-state index in [1.165, 1.54) is 83.5 Å². The molecule has 0 saturated heterocycles. The van der Waals surface area contributed by atoms with E-state index in [4.69, 9.17) is 17.5 Å². The van der Waals surface area contributed by atoms with Crippen LogP contribution in [0, 0.1) is 6.92 Å². The summed E-state index contributed by atoms with van der Waals surface area (Å²) in [6.45, 7) is 6.16. The molecule has 0 saturated carbocycles. The van der Waals surface area contributed by atoms with Crippen molar-refractivity contribution in [2.75, 3.05) is 0 Å². The molecule has 0 spiro atoms. The minimum absolute atomic E-state index is 0. The van der Waals surface area contributed by atoms with Crippen LogP contribution in [0.5, 0.6) is 0 Å². The quantitative estimate of drug-likeness (QED) is 0.233. The molecule has 4 nitrogen and oxygen atoms in total. The Bertz CT molecular complexity index is 260. The average molecular weight is 347 g/mol. The first-order valence-corrected chi connectivity index (χ1v) is 9.80. The smallest absolute Gasteiger partial charge is 0.343 e. The van der Waals surface area contributed by atoms with Gasteiger partial charge in [0.25, 0.3) is 0 Å². The Morgan fingerprint density at radius 1 is 0.682 bits per heavy atom. The number of unbranched alkanes of at least 4 members (excludes halogenated alkanes) is 13. The van der Waals surface area contributed by atoms with Crippen molar-refractivity contribution in [3.8, 4) is 0 Å². The van der Waals surface area contributed by atoms with Gasteiger partial charge in [-0.15, -0.1) is 0 Å². The van der Waals surface area contributed by atoms with Crippen LogP contribution in [0.3, 0.4) is 0 Å². The predicted molar refractivity (Wildman–Crippen MR) is 89.8 cm³/mol. The maximum atomic E-state index is 8.74. The standard InChI is InChI=1S/C16H33.Na.H2O4S/c1-3-5-7-9-11-13-15-16-14-12-10-8-6-4-2;;1-5(2,3)4/h1,3-16H2,2H3;;(H2,1,2,3,4)/q-1;+1;. The molecule has 0 aliphatic heterocycles. The van der Waals surface area contributed by atoms with Crippen molar-refractivity contribution in [3.63, 3.8) is 0 Å². The van der Waals surface area contributed by atoms with Crippen LogP contribution in [0.2, 0.25) is 0 Å². The SMILES string of the molecule is O=S(=O)(O)O.[CH2-]CCCCCCCCCCCCCCC.[Na+]. The fourth-order valence-electron chi connectivity index (χ4n) is 2.19. The number of hydrogen-bond acceptors (Lipinski definition) is 2. The van der Waals surface area contributed by atoms with Gasteiger partial charge in [0, 0.05) is 0 Å². The van der Waals surface area contributed by atoms with E-state index >= 15 is 0 Å². The third-order valence-electron chi connectivity index (χ3n) is 3.35. The number of hydrogen-bond donors (Lipinski definition) is 2. The molecular formula is C16H35NaO4S. The second kappa shape index (κ2) is 21.9. The summed E-state index contributed by atoms with van der Waals surface area (Å²) in [5, 5.41) is 0. The van der Waals surface area contributed by atoms with Crippen molar-refractivity contribution in [3.05, 3.63) is 6.92 Å². The molecule has 0 bridgehead atoms. The summed E-state index contributed by atoms with van der Waals surface area (Å²) in [6, 6.07) is 0. The van der Waals surface area contributed by atoms with Gasteiger partial charge in [-0.1, -0.05) is 90.4 Å². The van der Waals surface area contributed by atoms with E-state index in [2.05, 4.69) is 13.8 Å². The minimum Gasteiger partial charge on any atom is -0.343 e. The van der Waals surface area contributed by atoms with E-state index in [1.807, 2.05) is 0 Å². The zero-order chi connectivity index (χ0) is 16.4. The average Bonchev–Trinajstić information content (AvgIpc) is 2.38. The first kappa shape index (κ1) is 27.7. The second-order valence-corrected chi connectivity index (χ2v) is 6.44. The van der Waals surface area contributed by atoms with Gasteiger partial charge in [-0.2, -0.15) is 14.8 Å². The Morgan fingerprint density at radius 3 is 1.14 bits per heavy atom. The molecule has 0 aromatic rings. The first-order chi connectivity index (χ1) is 9.91. The zero-order valence-electron chi connectivity index (χ0n) is 14.7. The van der Waals surface area contributed by atoms with Gasteiger partial charge < -0.3 is 6.92 Å². The van der Waals surface area contributed by atoms with Crippen molar-refractivity contribution >= 4 is 10.4 Å². The zero-order valence-corrected chi connectivity index (χ0v) is 17.5. The fourth-order valence-corrected chi connectivity index (χ4v) is 2.19. The van der Waals surface area contributed by atoms with E-state index < -0.39 is 10.4 Å². The van der Waals surface area contributed by atoms with Gasteiger partial charge in [0.2, 0.25) is 0 Å². The fraction of sp³-hybridized carbons (Fsp3) is 0.938. The summed E-state index contributed by atoms with van der Waals surface area (Å²) >= 11 is 0. The molecule has 0 amide bonds.